The van der Waals surface area contributed by atoms with Crippen molar-refractivity contribution in [3.8, 4) is 0 Å². The first-order valence-electron chi connectivity index (χ1n) is 8.55. The molecule has 2 atom stereocenters. The molecular formula is C19H24N2O3S. The molecule has 0 spiro atoms. The van der Waals surface area contributed by atoms with Crippen molar-refractivity contribution in [2.24, 2.45) is 0 Å². The van der Waals surface area contributed by atoms with Crippen molar-refractivity contribution in [1.29, 1.82) is 0 Å². The van der Waals surface area contributed by atoms with Gasteiger partial charge in [0.2, 0.25) is 0 Å². The molecule has 1 aliphatic heterocycles. The van der Waals surface area contributed by atoms with Gasteiger partial charge in [-0.05, 0) is 68.1 Å². The lowest BCUT2D eigenvalue weighted by molar-refractivity contribution is 0.0599. The maximum Gasteiger partial charge on any atom is 0.339 e. The van der Waals surface area contributed by atoms with Crippen molar-refractivity contribution in [3.05, 3.63) is 44.9 Å². The summed E-state index contributed by atoms with van der Waals surface area (Å²) < 4.78 is 4.84. The molecule has 0 saturated carbocycles. The fraction of sp³-hybridized carbons (Fsp3) is 0.474. The van der Waals surface area contributed by atoms with Gasteiger partial charge in [-0.3, -0.25) is 9.69 Å². The maximum absolute atomic E-state index is 13.1. The molecule has 0 aromatic carbocycles. The van der Waals surface area contributed by atoms with Gasteiger partial charge in [0.05, 0.1) is 24.4 Å². The zero-order chi connectivity index (χ0) is 18.1. The van der Waals surface area contributed by atoms with Gasteiger partial charge < -0.3 is 9.72 Å². The second kappa shape index (κ2) is 7.14. The number of aryl methyl sites for hydroxylation is 1. The van der Waals surface area contributed by atoms with Gasteiger partial charge in [0.15, 0.2) is 5.78 Å². The molecule has 1 N–H and O–H groups in total. The van der Waals surface area contributed by atoms with Crippen molar-refractivity contribution < 1.29 is 14.3 Å². The Morgan fingerprint density at radius 1 is 1.40 bits per heavy atom. The third kappa shape index (κ3) is 3.16. The monoisotopic (exact) mass is 360 g/mol. The molecule has 2 aromatic heterocycles. The predicted octanol–water partition coefficient (Wildman–Crippen LogP) is 3.89. The second-order valence-corrected chi connectivity index (χ2v) is 7.39. The summed E-state index contributed by atoms with van der Waals surface area (Å²) >= 11 is 1.69. The molecule has 5 nitrogen and oxygen atoms in total. The number of thiophene rings is 1. The Hall–Kier alpha value is -1.92. The number of Topliss-reactive ketones (excluding diaryl/α,β-unsaturated/α-hetero) is 1. The van der Waals surface area contributed by atoms with E-state index >= 15 is 0 Å². The fourth-order valence-corrected chi connectivity index (χ4v) is 4.55. The number of H-pyrrole nitrogens is 1. The molecule has 3 rings (SSSR count). The molecule has 1 fully saturated rings. The van der Waals surface area contributed by atoms with Gasteiger partial charge in [-0.15, -0.1) is 0 Å². The maximum atomic E-state index is 13.1. The van der Waals surface area contributed by atoms with Crippen LogP contribution in [0.5, 0.6) is 0 Å². The van der Waals surface area contributed by atoms with Crippen LogP contribution in [-0.4, -0.2) is 41.3 Å². The molecule has 1 saturated heterocycles. The van der Waals surface area contributed by atoms with E-state index in [4.69, 9.17) is 4.74 Å². The van der Waals surface area contributed by atoms with Gasteiger partial charge in [-0.2, -0.15) is 11.3 Å². The molecule has 0 bridgehead atoms. The lowest BCUT2D eigenvalue weighted by Crippen LogP contribution is -2.38. The molecule has 0 aliphatic carbocycles. The van der Waals surface area contributed by atoms with Crippen molar-refractivity contribution >= 4 is 23.1 Å². The number of ketones is 1. The van der Waals surface area contributed by atoms with Crippen molar-refractivity contribution in [2.75, 3.05) is 13.7 Å². The lowest BCUT2D eigenvalue weighted by atomic mass is 10.0. The molecule has 134 valence electrons. The van der Waals surface area contributed by atoms with E-state index in [2.05, 4.69) is 26.7 Å². The molecule has 3 heterocycles. The Kier molecular flexibility index (Phi) is 5.11. The van der Waals surface area contributed by atoms with Crippen LogP contribution in [0.3, 0.4) is 0 Å². The number of rotatable bonds is 5. The SMILES string of the molecule is COC(=O)c1c(C)[nH]c(C(=O)[C@H](C)N2CCC[C@H]2c2ccsc2)c1C. The number of methoxy groups -OCH3 is 1. The van der Waals surface area contributed by atoms with Crippen LogP contribution >= 0.6 is 11.3 Å². The van der Waals surface area contributed by atoms with E-state index in [1.165, 1.54) is 12.7 Å². The predicted molar refractivity (Wildman–Crippen MR) is 98.4 cm³/mol. The molecule has 0 unspecified atom stereocenters. The highest BCUT2D eigenvalue weighted by atomic mass is 32.1. The summed E-state index contributed by atoms with van der Waals surface area (Å²) in [7, 11) is 1.36. The van der Waals surface area contributed by atoms with Crippen LogP contribution in [0.25, 0.3) is 0 Å². The van der Waals surface area contributed by atoms with Crippen LogP contribution in [0.15, 0.2) is 16.8 Å². The minimum absolute atomic E-state index is 0.0258. The van der Waals surface area contributed by atoms with Crippen molar-refractivity contribution in [3.63, 3.8) is 0 Å². The van der Waals surface area contributed by atoms with E-state index in [9.17, 15) is 9.59 Å². The Morgan fingerprint density at radius 3 is 2.80 bits per heavy atom. The van der Waals surface area contributed by atoms with E-state index in [0.717, 1.165) is 19.4 Å². The molecule has 1 aliphatic rings. The molecule has 0 amide bonds. The third-order valence-electron chi connectivity index (χ3n) is 5.17. The summed E-state index contributed by atoms with van der Waals surface area (Å²) in [5.41, 5.74) is 3.62. The zero-order valence-electron chi connectivity index (χ0n) is 15.1. The summed E-state index contributed by atoms with van der Waals surface area (Å²) in [4.78, 5) is 30.5. The number of ether oxygens (including phenoxy) is 1. The smallest absolute Gasteiger partial charge is 0.339 e. The van der Waals surface area contributed by atoms with Gasteiger partial charge >= 0.3 is 5.97 Å². The molecule has 2 aromatic rings. The topological polar surface area (TPSA) is 62.4 Å². The number of nitrogens with zero attached hydrogens (tertiary/aromatic N) is 1. The average Bonchev–Trinajstić information content (AvgIpc) is 3.32. The third-order valence-corrected chi connectivity index (χ3v) is 5.87. The van der Waals surface area contributed by atoms with E-state index in [0.29, 0.717) is 28.6 Å². The van der Waals surface area contributed by atoms with Crippen LogP contribution in [0.2, 0.25) is 0 Å². The number of aromatic nitrogens is 1. The molecule has 6 heteroatoms. The van der Waals surface area contributed by atoms with Gasteiger partial charge in [-0.25, -0.2) is 4.79 Å². The number of hydrogen-bond donors (Lipinski definition) is 1. The first-order chi connectivity index (χ1) is 12.0. The number of aromatic amines is 1. The largest absolute Gasteiger partial charge is 0.465 e. The Bertz CT molecular complexity index is 779. The average molecular weight is 360 g/mol. The minimum atomic E-state index is -0.407. The molecule has 25 heavy (non-hydrogen) atoms. The first-order valence-corrected chi connectivity index (χ1v) is 9.49. The van der Waals surface area contributed by atoms with Gasteiger partial charge in [-0.1, -0.05) is 0 Å². The van der Waals surface area contributed by atoms with Crippen molar-refractivity contribution in [2.45, 2.75) is 45.7 Å². The van der Waals surface area contributed by atoms with E-state index < -0.39 is 5.97 Å². The van der Waals surface area contributed by atoms with E-state index in [-0.39, 0.29) is 11.8 Å². The normalized spacial score (nSPS) is 19.1. The highest BCUT2D eigenvalue weighted by molar-refractivity contribution is 7.07. The van der Waals surface area contributed by atoms with Crippen LogP contribution < -0.4 is 0 Å². The van der Waals surface area contributed by atoms with E-state index in [1.807, 2.05) is 6.92 Å². The standard InChI is InChI=1S/C19H24N2O3S/c1-11-16(19(23)24-4)12(2)20-17(11)18(22)13(3)21-8-5-6-15(21)14-7-9-25-10-14/h7,9-10,13,15,20H,5-6,8H2,1-4H3/t13-,15-/m0/s1. The number of nitrogens with one attached hydrogen (secondary N) is 1. The quantitative estimate of drug-likeness (QED) is 0.649. The summed E-state index contributed by atoms with van der Waals surface area (Å²) in [6, 6.07) is 2.20. The highest BCUT2D eigenvalue weighted by Gasteiger charge is 2.35. The van der Waals surface area contributed by atoms with Crippen LogP contribution in [-0.2, 0) is 4.74 Å². The lowest BCUT2D eigenvalue weighted by Gasteiger charge is -2.29. The summed E-state index contributed by atoms with van der Waals surface area (Å²) in [5, 5.41) is 4.25. The number of likely N-dealkylation sites (tertiary alicyclic amines) is 1. The summed E-state index contributed by atoms with van der Waals surface area (Å²) in [5.74, 6) is -0.381. The second-order valence-electron chi connectivity index (χ2n) is 6.61. The Labute approximate surface area is 152 Å². The number of esters is 1. The van der Waals surface area contributed by atoms with Crippen LogP contribution in [0, 0.1) is 13.8 Å². The van der Waals surface area contributed by atoms with Gasteiger partial charge in [0.25, 0.3) is 0 Å². The molecular weight excluding hydrogens is 336 g/mol. The summed E-state index contributed by atoms with van der Waals surface area (Å²) in [6.07, 6.45) is 2.17. The van der Waals surface area contributed by atoms with Crippen molar-refractivity contribution in [1.82, 2.24) is 9.88 Å². The zero-order valence-corrected chi connectivity index (χ0v) is 15.9. The molecule has 0 radical (unpaired) electrons. The Balaban J connectivity index is 1.87. The van der Waals surface area contributed by atoms with Crippen LogP contribution in [0.1, 0.15) is 63.5 Å². The van der Waals surface area contributed by atoms with Crippen LogP contribution in [0.4, 0.5) is 0 Å². The number of carbonyl (C=O) groups is 2. The van der Waals surface area contributed by atoms with Gasteiger partial charge in [0.1, 0.15) is 0 Å². The Morgan fingerprint density at radius 2 is 2.16 bits per heavy atom. The fourth-order valence-electron chi connectivity index (χ4n) is 3.84. The number of carbonyl (C=O) groups excluding carboxylic acids is 2. The highest BCUT2D eigenvalue weighted by Crippen LogP contribution is 2.35. The first kappa shape index (κ1) is 17.9. The number of hydrogen-bond acceptors (Lipinski definition) is 5. The van der Waals surface area contributed by atoms with E-state index in [1.54, 1.807) is 25.2 Å². The minimum Gasteiger partial charge on any atom is -0.465 e. The summed E-state index contributed by atoms with van der Waals surface area (Å²) in [6.45, 7) is 6.47. The van der Waals surface area contributed by atoms with Gasteiger partial charge in [0, 0.05) is 11.7 Å².